The first-order valence-corrected chi connectivity index (χ1v) is 10.0. The van der Waals surface area contributed by atoms with Gasteiger partial charge in [0.1, 0.15) is 17.9 Å². The summed E-state index contributed by atoms with van der Waals surface area (Å²) in [4.78, 5) is 28.2. The zero-order chi connectivity index (χ0) is 19.5. The number of nitrogens with one attached hydrogen (secondary N) is 1. The molecule has 6 heteroatoms. The van der Waals surface area contributed by atoms with E-state index in [1.807, 2.05) is 43.5 Å². The van der Waals surface area contributed by atoms with E-state index in [0.29, 0.717) is 32.2 Å². The molecule has 1 N–H and O–H groups in total. The van der Waals surface area contributed by atoms with Gasteiger partial charge >= 0.3 is 0 Å². The van der Waals surface area contributed by atoms with Crippen LogP contribution in [-0.4, -0.2) is 41.6 Å². The molecule has 1 aromatic heterocycles. The Kier molecular flexibility index (Phi) is 5.48. The number of benzene rings is 1. The summed E-state index contributed by atoms with van der Waals surface area (Å²) in [7, 11) is 0. The van der Waals surface area contributed by atoms with Gasteiger partial charge in [0, 0.05) is 24.8 Å². The number of pyridine rings is 1. The first-order chi connectivity index (χ1) is 13.6. The average molecular weight is 381 g/mol. The van der Waals surface area contributed by atoms with Crippen molar-refractivity contribution < 1.29 is 9.53 Å². The fraction of sp³-hybridized carbons (Fsp3) is 0.455. The third kappa shape index (κ3) is 3.83. The van der Waals surface area contributed by atoms with Crippen LogP contribution in [0.15, 0.2) is 41.3 Å². The van der Waals surface area contributed by atoms with Crippen LogP contribution in [0.25, 0.3) is 0 Å². The summed E-state index contributed by atoms with van der Waals surface area (Å²) in [6, 6.07) is 9.63. The number of rotatable bonds is 3. The van der Waals surface area contributed by atoms with Crippen LogP contribution in [0.3, 0.4) is 0 Å². The van der Waals surface area contributed by atoms with E-state index in [9.17, 15) is 9.59 Å². The molecular formula is C22H27N3O3. The molecule has 1 unspecified atom stereocenters. The van der Waals surface area contributed by atoms with Gasteiger partial charge in [-0.15, -0.1) is 0 Å². The molecule has 1 amide bonds. The minimum Gasteiger partial charge on any atom is -0.491 e. The van der Waals surface area contributed by atoms with Gasteiger partial charge in [-0.2, -0.15) is 0 Å². The molecule has 28 heavy (non-hydrogen) atoms. The van der Waals surface area contributed by atoms with Crippen molar-refractivity contribution in [2.24, 2.45) is 5.92 Å². The van der Waals surface area contributed by atoms with Crippen LogP contribution in [0.5, 0.6) is 5.75 Å². The van der Waals surface area contributed by atoms with Gasteiger partial charge < -0.3 is 19.5 Å². The van der Waals surface area contributed by atoms with E-state index >= 15 is 0 Å². The summed E-state index contributed by atoms with van der Waals surface area (Å²) in [6.45, 7) is 5.80. The number of para-hydroxylation sites is 1. The molecule has 148 valence electrons. The van der Waals surface area contributed by atoms with Crippen molar-refractivity contribution in [3.63, 3.8) is 0 Å². The van der Waals surface area contributed by atoms with Gasteiger partial charge in [0.05, 0.1) is 6.54 Å². The van der Waals surface area contributed by atoms with Crippen LogP contribution < -0.4 is 15.6 Å². The largest absolute Gasteiger partial charge is 0.491 e. The van der Waals surface area contributed by atoms with Gasteiger partial charge in [0.25, 0.3) is 11.5 Å². The summed E-state index contributed by atoms with van der Waals surface area (Å²) in [5, 5.41) is 3.39. The molecule has 2 aliphatic rings. The number of carbonyl (C=O) groups is 1. The lowest BCUT2D eigenvalue weighted by Crippen LogP contribution is -2.40. The zero-order valence-corrected chi connectivity index (χ0v) is 16.3. The van der Waals surface area contributed by atoms with Crippen molar-refractivity contribution in [1.82, 2.24) is 14.8 Å². The maximum atomic E-state index is 13.3. The van der Waals surface area contributed by atoms with E-state index in [2.05, 4.69) is 5.32 Å². The molecule has 6 nitrogen and oxygen atoms in total. The highest BCUT2D eigenvalue weighted by molar-refractivity contribution is 5.95. The van der Waals surface area contributed by atoms with Gasteiger partial charge in [0.2, 0.25) is 0 Å². The second-order valence-electron chi connectivity index (χ2n) is 7.73. The number of carbonyl (C=O) groups excluding carboxylic acids is 1. The predicted molar refractivity (Wildman–Crippen MR) is 108 cm³/mol. The predicted octanol–water partition coefficient (Wildman–Crippen LogP) is 2.19. The third-order valence-corrected chi connectivity index (χ3v) is 5.68. The average Bonchev–Trinajstić information content (AvgIpc) is 2.93. The first kappa shape index (κ1) is 18.7. The molecule has 0 saturated carbocycles. The van der Waals surface area contributed by atoms with Crippen LogP contribution in [0.2, 0.25) is 0 Å². The zero-order valence-electron chi connectivity index (χ0n) is 16.3. The molecule has 1 aromatic carbocycles. The first-order valence-electron chi connectivity index (χ1n) is 10.0. The molecule has 4 rings (SSSR count). The maximum absolute atomic E-state index is 13.3. The molecule has 2 aliphatic heterocycles. The van der Waals surface area contributed by atoms with E-state index in [-0.39, 0.29) is 17.0 Å². The number of ether oxygens (including phenoxy) is 1. The van der Waals surface area contributed by atoms with Crippen LogP contribution >= 0.6 is 0 Å². The number of piperidine rings is 1. The highest BCUT2D eigenvalue weighted by Gasteiger charge is 2.25. The summed E-state index contributed by atoms with van der Waals surface area (Å²) in [5.74, 6) is 1.03. The van der Waals surface area contributed by atoms with Crippen LogP contribution in [0.4, 0.5) is 0 Å². The Morgan fingerprint density at radius 2 is 2.14 bits per heavy atom. The standard InChI is InChI=1S/C22H27N3O3/c1-16-8-10-24(14-17-5-4-9-23-13-17)21(26)20(16)22(27)25-11-12-28-19-7-3-2-6-18(19)15-25/h2-3,6-8,10,17,23H,4-5,9,11-15H2,1H3. The quantitative estimate of drug-likeness (QED) is 0.885. The Labute approximate surface area is 165 Å². The number of hydrogen-bond acceptors (Lipinski definition) is 4. The van der Waals surface area contributed by atoms with E-state index in [1.165, 1.54) is 0 Å². The number of hydrogen-bond donors (Lipinski definition) is 1. The Morgan fingerprint density at radius 1 is 1.29 bits per heavy atom. The molecule has 2 aromatic rings. The molecule has 0 bridgehead atoms. The molecule has 0 radical (unpaired) electrons. The summed E-state index contributed by atoms with van der Waals surface area (Å²) in [6.07, 6.45) is 4.06. The Morgan fingerprint density at radius 3 is 2.96 bits per heavy atom. The Balaban J connectivity index is 1.60. The lowest BCUT2D eigenvalue weighted by atomic mass is 9.99. The van der Waals surface area contributed by atoms with Crippen molar-refractivity contribution in [3.05, 3.63) is 63.6 Å². The van der Waals surface area contributed by atoms with Crippen molar-refractivity contribution in [2.45, 2.75) is 32.9 Å². The van der Waals surface area contributed by atoms with Crippen LogP contribution in [0, 0.1) is 12.8 Å². The van der Waals surface area contributed by atoms with Crippen molar-refractivity contribution in [3.8, 4) is 5.75 Å². The van der Waals surface area contributed by atoms with Crippen molar-refractivity contribution in [1.29, 1.82) is 0 Å². The van der Waals surface area contributed by atoms with E-state index < -0.39 is 0 Å². The molecule has 1 saturated heterocycles. The summed E-state index contributed by atoms with van der Waals surface area (Å²) >= 11 is 0. The summed E-state index contributed by atoms with van der Waals surface area (Å²) in [5.41, 5.74) is 1.79. The molecule has 0 aliphatic carbocycles. The second-order valence-corrected chi connectivity index (χ2v) is 7.73. The maximum Gasteiger partial charge on any atom is 0.263 e. The normalized spacial score (nSPS) is 19.5. The van der Waals surface area contributed by atoms with Crippen molar-refractivity contribution in [2.75, 3.05) is 26.2 Å². The Bertz CT molecular complexity index is 915. The van der Waals surface area contributed by atoms with Gasteiger partial charge in [-0.1, -0.05) is 18.2 Å². The van der Waals surface area contributed by atoms with Gasteiger partial charge in [-0.25, -0.2) is 0 Å². The molecular weight excluding hydrogens is 354 g/mol. The number of nitrogens with zero attached hydrogens (tertiary/aromatic N) is 2. The fourth-order valence-corrected chi connectivity index (χ4v) is 4.08. The summed E-state index contributed by atoms with van der Waals surface area (Å²) < 4.78 is 7.47. The molecule has 1 fully saturated rings. The number of aromatic nitrogens is 1. The molecule has 3 heterocycles. The fourth-order valence-electron chi connectivity index (χ4n) is 4.08. The second kappa shape index (κ2) is 8.19. The van der Waals surface area contributed by atoms with Gasteiger partial charge in [0.15, 0.2) is 0 Å². The SMILES string of the molecule is Cc1ccn(CC2CCCNC2)c(=O)c1C(=O)N1CCOc2ccccc2C1. The minimum atomic E-state index is -0.209. The monoisotopic (exact) mass is 381 g/mol. The highest BCUT2D eigenvalue weighted by Crippen LogP contribution is 2.23. The smallest absolute Gasteiger partial charge is 0.263 e. The minimum absolute atomic E-state index is 0.186. The van der Waals surface area contributed by atoms with Crippen molar-refractivity contribution >= 4 is 5.91 Å². The van der Waals surface area contributed by atoms with Gasteiger partial charge in [-0.05, 0) is 56.5 Å². The number of amides is 1. The molecule has 1 atom stereocenters. The topological polar surface area (TPSA) is 63.6 Å². The van der Waals surface area contributed by atoms with E-state index in [0.717, 1.165) is 42.8 Å². The lowest BCUT2D eigenvalue weighted by molar-refractivity contribution is 0.0729. The highest BCUT2D eigenvalue weighted by atomic mass is 16.5. The Hall–Kier alpha value is -2.60. The third-order valence-electron chi connectivity index (χ3n) is 5.68. The van der Waals surface area contributed by atoms with Crippen LogP contribution in [0.1, 0.15) is 34.3 Å². The molecule has 0 spiro atoms. The number of fused-ring (bicyclic) bond motifs is 1. The lowest BCUT2D eigenvalue weighted by Gasteiger charge is -2.24. The van der Waals surface area contributed by atoms with E-state index in [1.54, 1.807) is 9.47 Å². The number of aryl methyl sites for hydroxylation is 1. The van der Waals surface area contributed by atoms with Crippen LogP contribution in [-0.2, 0) is 13.1 Å². The van der Waals surface area contributed by atoms with Gasteiger partial charge in [-0.3, -0.25) is 9.59 Å². The van der Waals surface area contributed by atoms with E-state index in [4.69, 9.17) is 4.74 Å².